The minimum Gasteiger partial charge on any atom is -0.508 e. The Balaban J connectivity index is 3.33. The zero-order valence-corrected chi connectivity index (χ0v) is 7.72. The van der Waals surface area contributed by atoms with Gasteiger partial charge in [0.15, 0.2) is 0 Å². The van der Waals surface area contributed by atoms with E-state index in [-0.39, 0.29) is 0 Å². The average molecular weight is 219 g/mol. The number of amides is 1. The third-order valence-corrected chi connectivity index (χ3v) is 1.78. The minimum atomic E-state index is -4.67. The fraction of sp³-hybridized carbons (Fsp3) is 0.222. The zero-order chi connectivity index (χ0) is 11.6. The van der Waals surface area contributed by atoms with Gasteiger partial charge in [-0.25, -0.2) is 0 Å². The van der Waals surface area contributed by atoms with Crippen LogP contribution >= 0.6 is 0 Å². The number of nitrogens with one attached hydrogen (secondary N) is 1. The maximum Gasteiger partial charge on any atom is 0.417 e. The molecule has 0 saturated heterocycles. The van der Waals surface area contributed by atoms with Crippen LogP contribution in [0.4, 0.5) is 13.2 Å². The first-order valence-electron chi connectivity index (χ1n) is 3.98. The first-order chi connectivity index (χ1) is 6.86. The second-order valence-corrected chi connectivity index (χ2v) is 2.81. The third kappa shape index (κ3) is 2.39. The number of hydrogen-bond acceptors (Lipinski definition) is 2. The molecule has 2 N–H and O–H groups in total. The van der Waals surface area contributed by atoms with Gasteiger partial charge in [-0.2, -0.15) is 13.2 Å². The van der Waals surface area contributed by atoms with E-state index in [1.807, 2.05) is 0 Å². The number of benzene rings is 1. The van der Waals surface area contributed by atoms with Crippen LogP contribution in [-0.2, 0) is 6.18 Å². The SMILES string of the molecule is CNC(=O)c1ccc(O)cc1C(F)(F)F. The summed E-state index contributed by atoms with van der Waals surface area (Å²) in [6.07, 6.45) is -4.67. The molecule has 0 bridgehead atoms. The van der Waals surface area contributed by atoms with E-state index in [2.05, 4.69) is 5.32 Å². The summed E-state index contributed by atoms with van der Waals surface area (Å²) in [6.45, 7) is 0. The Morgan fingerprint density at radius 3 is 2.47 bits per heavy atom. The highest BCUT2D eigenvalue weighted by Gasteiger charge is 2.35. The van der Waals surface area contributed by atoms with Crippen molar-refractivity contribution in [3.8, 4) is 5.75 Å². The molecular formula is C9H8F3NO2. The maximum atomic E-state index is 12.4. The molecule has 0 saturated carbocycles. The summed E-state index contributed by atoms with van der Waals surface area (Å²) in [5.74, 6) is -1.38. The van der Waals surface area contributed by atoms with Crippen molar-refractivity contribution in [3.63, 3.8) is 0 Å². The van der Waals surface area contributed by atoms with Gasteiger partial charge in [-0.05, 0) is 18.2 Å². The predicted molar refractivity (Wildman–Crippen MR) is 46.5 cm³/mol. The maximum absolute atomic E-state index is 12.4. The molecule has 0 fully saturated rings. The van der Waals surface area contributed by atoms with Gasteiger partial charge < -0.3 is 10.4 Å². The number of carbonyl (C=O) groups excluding carboxylic acids is 1. The number of alkyl halides is 3. The van der Waals surface area contributed by atoms with Crippen molar-refractivity contribution in [1.82, 2.24) is 5.32 Å². The molecule has 0 aromatic heterocycles. The lowest BCUT2D eigenvalue weighted by Gasteiger charge is -2.11. The molecule has 15 heavy (non-hydrogen) atoms. The van der Waals surface area contributed by atoms with E-state index in [0.29, 0.717) is 6.07 Å². The van der Waals surface area contributed by atoms with Crippen molar-refractivity contribution in [2.24, 2.45) is 0 Å². The van der Waals surface area contributed by atoms with E-state index in [1.165, 1.54) is 7.05 Å². The summed E-state index contributed by atoms with van der Waals surface area (Å²) in [4.78, 5) is 11.1. The van der Waals surface area contributed by atoms with Crippen molar-refractivity contribution in [2.75, 3.05) is 7.05 Å². The lowest BCUT2D eigenvalue weighted by atomic mass is 10.1. The Kier molecular flexibility index (Phi) is 2.88. The van der Waals surface area contributed by atoms with Gasteiger partial charge in [0.05, 0.1) is 11.1 Å². The predicted octanol–water partition coefficient (Wildman–Crippen LogP) is 1.77. The van der Waals surface area contributed by atoms with Crippen molar-refractivity contribution >= 4 is 5.91 Å². The summed E-state index contributed by atoms with van der Waals surface area (Å²) in [6, 6.07) is 2.47. The Morgan fingerprint density at radius 2 is 2.00 bits per heavy atom. The van der Waals surface area contributed by atoms with E-state index >= 15 is 0 Å². The standard InChI is InChI=1S/C9H8F3NO2/c1-13-8(15)6-3-2-5(14)4-7(6)9(10,11)12/h2-4,14H,1H3,(H,13,15). The molecule has 1 amide bonds. The van der Waals surface area contributed by atoms with Crippen LogP contribution in [0, 0.1) is 0 Å². The fourth-order valence-electron chi connectivity index (χ4n) is 1.10. The molecule has 3 nitrogen and oxygen atoms in total. The highest BCUT2D eigenvalue weighted by molar-refractivity contribution is 5.95. The van der Waals surface area contributed by atoms with Gasteiger partial charge in [0.2, 0.25) is 0 Å². The molecular weight excluding hydrogens is 211 g/mol. The van der Waals surface area contributed by atoms with Gasteiger partial charge in [0.1, 0.15) is 5.75 Å². The lowest BCUT2D eigenvalue weighted by molar-refractivity contribution is -0.138. The molecule has 1 aromatic carbocycles. The van der Waals surface area contributed by atoms with Gasteiger partial charge in [-0.3, -0.25) is 4.79 Å². The van der Waals surface area contributed by atoms with Crippen LogP contribution in [0.25, 0.3) is 0 Å². The summed E-state index contributed by atoms with van der Waals surface area (Å²) >= 11 is 0. The van der Waals surface area contributed by atoms with Crippen LogP contribution < -0.4 is 5.32 Å². The number of halogens is 3. The van der Waals surface area contributed by atoms with Crippen LogP contribution in [0.3, 0.4) is 0 Å². The highest BCUT2D eigenvalue weighted by atomic mass is 19.4. The van der Waals surface area contributed by atoms with Gasteiger partial charge >= 0.3 is 6.18 Å². The van der Waals surface area contributed by atoms with Crippen LogP contribution in [0.1, 0.15) is 15.9 Å². The number of rotatable bonds is 1. The van der Waals surface area contributed by atoms with Crippen LogP contribution in [0.2, 0.25) is 0 Å². The number of phenolic OH excluding ortho intramolecular Hbond substituents is 1. The number of hydrogen-bond donors (Lipinski definition) is 2. The van der Waals surface area contributed by atoms with E-state index in [9.17, 15) is 18.0 Å². The molecule has 1 aromatic rings. The average Bonchev–Trinajstić information content (AvgIpc) is 2.15. The second kappa shape index (κ2) is 3.80. The number of aromatic hydroxyl groups is 1. The largest absolute Gasteiger partial charge is 0.508 e. The summed E-state index contributed by atoms with van der Waals surface area (Å²) in [5, 5.41) is 11.0. The smallest absolute Gasteiger partial charge is 0.417 e. The van der Waals surface area contributed by atoms with Crippen molar-refractivity contribution in [2.45, 2.75) is 6.18 Å². The summed E-state index contributed by atoms with van der Waals surface area (Å²) < 4.78 is 37.3. The molecule has 0 atom stereocenters. The monoisotopic (exact) mass is 219 g/mol. The lowest BCUT2D eigenvalue weighted by Crippen LogP contribution is -2.22. The van der Waals surface area contributed by atoms with E-state index < -0.39 is 29.0 Å². The van der Waals surface area contributed by atoms with Gasteiger partial charge in [0, 0.05) is 7.05 Å². The molecule has 6 heteroatoms. The van der Waals surface area contributed by atoms with Gasteiger partial charge in [-0.1, -0.05) is 0 Å². The topological polar surface area (TPSA) is 49.3 Å². The fourth-order valence-corrected chi connectivity index (χ4v) is 1.10. The Hall–Kier alpha value is -1.72. The van der Waals surface area contributed by atoms with E-state index in [0.717, 1.165) is 12.1 Å². The highest BCUT2D eigenvalue weighted by Crippen LogP contribution is 2.34. The van der Waals surface area contributed by atoms with E-state index in [4.69, 9.17) is 5.11 Å². The quantitative estimate of drug-likeness (QED) is 0.756. The molecule has 0 heterocycles. The summed E-state index contributed by atoms with van der Waals surface area (Å²) in [5.41, 5.74) is -1.66. The van der Waals surface area contributed by atoms with Gasteiger partial charge in [-0.15, -0.1) is 0 Å². The molecule has 0 aliphatic rings. The van der Waals surface area contributed by atoms with Crippen LogP contribution in [0.15, 0.2) is 18.2 Å². The molecule has 0 aliphatic carbocycles. The molecule has 1 rings (SSSR count). The normalized spacial score (nSPS) is 11.2. The zero-order valence-electron chi connectivity index (χ0n) is 7.72. The molecule has 0 spiro atoms. The minimum absolute atomic E-state index is 0.511. The van der Waals surface area contributed by atoms with Crippen LogP contribution in [-0.4, -0.2) is 18.1 Å². The molecule has 82 valence electrons. The molecule has 0 radical (unpaired) electrons. The third-order valence-electron chi connectivity index (χ3n) is 1.78. The van der Waals surface area contributed by atoms with Crippen molar-refractivity contribution in [1.29, 1.82) is 0 Å². The van der Waals surface area contributed by atoms with E-state index in [1.54, 1.807) is 0 Å². The first kappa shape index (κ1) is 11.4. The Bertz CT molecular complexity index is 387. The molecule has 0 unspecified atom stereocenters. The second-order valence-electron chi connectivity index (χ2n) is 2.81. The number of carbonyl (C=O) groups is 1. The van der Waals surface area contributed by atoms with Crippen LogP contribution in [0.5, 0.6) is 5.75 Å². The van der Waals surface area contributed by atoms with Crippen molar-refractivity contribution < 1.29 is 23.1 Å². The number of phenols is 1. The molecule has 0 aliphatic heterocycles. The van der Waals surface area contributed by atoms with Crippen molar-refractivity contribution in [3.05, 3.63) is 29.3 Å². The Labute approximate surface area is 83.5 Å². The Morgan fingerprint density at radius 1 is 1.40 bits per heavy atom. The summed E-state index contributed by atoms with van der Waals surface area (Å²) in [7, 11) is 1.23. The van der Waals surface area contributed by atoms with Gasteiger partial charge in [0.25, 0.3) is 5.91 Å². The first-order valence-corrected chi connectivity index (χ1v) is 3.98.